The Labute approximate surface area is 200 Å². The predicted molar refractivity (Wildman–Crippen MR) is 146 cm³/mol. The Morgan fingerprint density at radius 3 is 1.06 bits per heavy atom. The first-order chi connectivity index (χ1) is 15.1. The van der Waals surface area contributed by atoms with Crippen molar-refractivity contribution in [1.82, 2.24) is 0 Å². The number of hydrogen-bond donors (Lipinski definition) is 1. The lowest BCUT2D eigenvalue weighted by atomic mass is 10.0. The number of aliphatic hydroxyl groups excluding tert-OH is 1. The Balaban J connectivity index is 4.12. The van der Waals surface area contributed by atoms with Gasteiger partial charge >= 0.3 is 0 Å². The van der Waals surface area contributed by atoms with Gasteiger partial charge in [-0.2, -0.15) is 0 Å². The fourth-order valence-corrected chi connectivity index (χ4v) is 3.68. The van der Waals surface area contributed by atoms with Crippen molar-refractivity contribution in [2.24, 2.45) is 0 Å². The second-order valence-electron chi connectivity index (χ2n) is 9.93. The molecular formula is C31H52O. The highest BCUT2D eigenvalue weighted by molar-refractivity contribution is 5.09. The molecule has 0 aliphatic rings. The number of allylic oxidation sites excluding steroid dienone is 11. The first kappa shape index (κ1) is 30.4. The average molecular weight is 441 g/mol. The third kappa shape index (κ3) is 20.3. The standard InChI is InChI=1S/C31H52O/c1-25(2)14-9-15-26(3)16-10-17-27(4)18-11-19-28(5)20-12-21-29(6)22-13-23-30(7)24-31(8)32/h14,16,18,20,22,24,31-32H,9-13,15,17,19,21,23H2,1-8H3. The van der Waals surface area contributed by atoms with Crippen LogP contribution in [0.15, 0.2) is 69.9 Å². The molecule has 0 amide bonds. The second-order valence-corrected chi connectivity index (χ2v) is 9.93. The van der Waals surface area contributed by atoms with Gasteiger partial charge in [0.05, 0.1) is 6.10 Å². The molecule has 0 rings (SSSR count). The minimum absolute atomic E-state index is 0.338. The van der Waals surface area contributed by atoms with E-state index in [-0.39, 0.29) is 6.10 Å². The lowest BCUT2D eigenvalue weighted by Crippen LogP contribution is -1.94. The quantitative estimate of drug-likeness (QED) is 0.237. The molecule has 0 aliphatic carbocycles. The molecule has 182 valence electrons. The van der Waals surface area contributed by atoms with E-state index in [0.29, 0.717) is 0 Å². The highest BCUT2D eigenvalue weighted by atomic mass is 16.3. The summed E-state index contributed by atoms with van der Waals surface area (Å²) in [5.41, 5.74) is 8.70. The van der Waals surface area contributed by atoms with Gasteiger partial charge in [-0.05, 0) is 120 Å². The van der Waals surface area contributed by atoms with Crippen molar-refractivity contribution in [3.8, 4) is 0 Å². The van der Waals surface area contributed by atoms with E-state index in [1.807, 2.05) is 13.0 Å². The molecule has 32 heavy (non-hydrogen) atoms. The normalized spacial score (nSPS) is 15.2. The van der Waals surface area contributed by atoms with Crippen LogP contribution in [0.25, 0.3) is 0 Å². The van der Waals surface area contributed by atoms with E-state index in [9.17, 15) is 5.11 Å². The van der Waals surface area contributed by atoms with Crippen molar-refractivity contribution in [3.63, 3.8) is 0 Å². The lowest BCUT2D eigenvalue weighted by molar-refractivity contribution is 0.243. The van der Waals surface area contributed by atoms with Crippen LogP contribution in [-0.4, -0.2) is 11.2 Å². The van der Waals surface area contributed by atoms with Gasteiger partial charge in [0.2, 0.25) is 0 Å². The van der Waals surface area contributed by atoms with Gasteiger partial charge in [-0.15, -0.1) is 0 Å². The van der Waals surface area contributed by atoms with E-state index in [1.54, 1.807) is 0 Å². The van der Waals surface area contributed by atoms with E-state index in [2.05, 4.69) is 78.8 Å². The molecule has 0 aromatic heterocycles. The zero-order valence-corrected chi connectivity index (χ0v) is 22.6. The third-order valence-electron chi connectivity index (χ3n) is 5.74. The molecule has 1 heteroatoms. The molecule has 1 N–H and O–H groups in total. The molecule has 0 heterocycles. The van der Waals surface area contributed by atoms with E-state index in [1.165, 1.54) is 59.1 Å². The molecule has 0 radical (unpaired) electrons. The monoisotopic (exact) mass is 440 g/mol. The van der Waals surface area contributed by atoms with E-state index in [0.717, 1.165) is 38.5 Å². The topological polar surface area (TPSA) is 20.2 Å². The first-order valence-electron chi connectivity index (χ1n) is 12.7. The summed E-state index contributed by atoms with van der Waals surface area (Å²) in [6.45, 7) is 17.3. The van der Waals surface area contributed by atoms with Gasteiger partial charge in [0, 0.05) is 0 Å². The fraction of sp³-hybridized carbons (Fsp3) is 0.613. The fourth-order valence-electron chi connectivity index (χ4n) is 3.68. The molecule has 0 aliphatic heterocycles. The number of rotatable bonds is 16. The Morgan fingerprint density at radius 2 is 0.781 bits per heavy atom. The van der Waals surface area contributed by atoms with Crippen LogP contribution in [0.1, 0.15) is 120 Å². The Hall–Kier alpha value is -1.60. The van der Waals surface area contributed by atoms with Crippen molar-refractivity contribution < 1.29 is 5.11 Å². The Bertz CT molecular complexity index is 688. The third-order valence-corrected chi connectivity index (χ3v) is 5.74. The summed E-state index contributed by atoms with van der Waals surface area (Å²) >= 11 is 0. The Kier molecular flexibility index (Phi) is 18.0. The van der Waals surface area contributed by atoms with Gasteiger partial charge in [0.15, 0.2) is 0 Å². The summed E-state index contributed by atoms with van der Waals surface area (Å²) in [4.78, 5) is 0. The van der Waals surface area contributed by atoms with Crippen molar-refractivity contribution in [2.45, 2.75) is 126 Å². The Morgan fingerprint density at radius 1 is 0.500 bits per heavy atom. The van der Waals surface area contributed by atoms with E-state index in [4.69, 9.17) is 0 Å². The first-order valence-corrected chi connectivity index (χ1v) is 12.7. The highest BCUT2D eigenvalue weighted by Crippen LogP contribution is 2.15. The van der Waals surface area contributed by atoms with Crippen molar-refractivity contribution in [2.75, 3.05) is 0 Å². The van der Waals surface area contributed by atoms with Crippen LogP contribution in [0.4, 0.5) is 0 Å². The molecule has 0 spiro atoms. The van der Waals surface area contributed by atoms with Crippen LogP contribution in [0.3, 0.4) is 0 Å². The smallest absolute Gasteiger partial charge is 0.0695 e. The van der Waals surface area contributed by atoms with Gasteiger partial charge in [0.1, 0.15) is 0 Å². The van der Waals surface area contributed by atoms with Gasteiger partial charge < -0.3 is 5.11 Å². The number of aliphatic hydroxyl groups is 1. The summed E-state index contributed by atoms with van der Waals surface area (Å²) in [5, 5.41) is 9.38. The second kappa shape index (κ2) is 18.9. The number of hydrogen-bond acceptors (Lipinski definition) is 1. The summed E-state index contributed by atoms with van der Waals surface area (Å²) in [7, 11) is 0. The molecule has 0 aromatic rings. The van der Waals surface area contributed by atoms with Crippen molar-refractivity contribution >= 4 is 0 Å². The predicted octanol–water partition coefficient (Wildman–Crippen LogP) is 9.97. The lowest BCUT2D eigenvalue weighted by Gasteiger charge is -2.04. The van der Waals surface area contributed by atoms with Gasteiger partial charge in [-0.3, -0.25) is 0 Å². The maximum Gasteiger partial charge on any atom is 0.0695 e. The molecule has 1 nitrogen and oxygen atoms in total. The van der Waals surface area contributed by atoms with Gasteiger partial charge in [-0.25, -0.2) is 0 Å². The molecule has 1 unspecified atom stereocenters. The van der Waals surface area contributed by atoms with Gasteiger partial charge in [0.25, 0.3) is 0 Å². The van der Waals surface area contributed by atoms with Crippen LogP contribution >= 0.6 is 0 Å². The van der Waals surface area contributed by atoms with Crippen LogP contribution in [0.2, 0.25) is 0 Å². The van der Waals surface area contributed by atoms with Crippen LogP contribution in [0.5, 0.6) is 0 Å². The van der Waals surface area contributed by atoms with Crippen LogP contribution < -0.4 is 0 Å². The molecule has 1 atom stereocenters. The van der Waals surface area contributed by atoms with Crippen molar-refractivity contribution in [1.29, 1.82) is 0 Å². The minimum atomic E-state index is -0.338. The summed E-state index contributed by atoms with van der Waals surface area (Å²) in [6.07, 6.45) is 24.9. The molecule has 0 saturated heterocycles. The SMILES string of the molecule is CC(C)=CCCC(C)=CCCC(C)=CCCC(C)=CCCC(C)=CCCC(C)=CC(C)O. The molecule has 0 fully saturated rings. The van der Waals surface area contributed by atoms with Crippen LogP contribution in [-0.2, 0) is 0 Å². The van der Waals surface area contributed by atoms with Crippen molar-refractivity contribution in [3.05, 3.63) is 69.9 Å². The van der Waals surface area contributed by atoms with E-state index < -0.39 is 0 Å². The van der Waals surface area contributed by atoms with Gasteiger partial charge in [-0.1, -0.05) is 69.9 Å². The summed E-state index contributed by atoms with van der Waals surface area (Å²) in [5.74, 6) is 0. The van der Waals surface area contributed by atoms with E-state index >= 15 is 0 Å². The minimum Gasteiger partial charge on any atom is -0.389 e. The molecule has 0 bridgehead atoms. The molecule has 0 saturated carbocycles. The zero-order chi connectivity index (χ0) is 24.4. The highest BCUT2D eigenvalue weighted by Gasteiger charge is 1.96. The molecular weight excluding hydrogens is 388 g/mol. The maximum absolute atomic E-state index is 9.38. The van der Waals surface area contributed by atoms with Crippen LogP contribution in [0, 0.1) is 0 Å². The summed E-state index contributed by atoms with van der Waals surface area (Å²) in [6, 6.07) is 0. The maximum atomic E-state index is 9.38. The summed E-state index contributed by atoms with van der Waals surface area (Å²) < 4.78 is 0. The average Bonchev–Trinajstić information content (AvgIpc) is 2.67. The molecule has 0 aromatic carbocycles. The zero-order valence-electron chi connectivity index (χ0n) is 22.6. The largest absolute Gasteiger partial charge is 0.389 e.